The monoisotopic (exact) mass is 450 g/mol. The van der Waals surface area contributed by atoms with Crippen molar-refractivity contribution in [2.24, 2.45) is 0 Å². The van der Waals surface area contributed by atoms with Crippen molar-refractivity contribution in [1.82, 2.24) is 0 Å². The first-order valence-corrected chi connectivity index (χ1v) is 11.1. The van der Waals surface area contributed by atoms with E-state index in [-0.39, 0.29) is 19.8 Å². The van der Waals surface area contributed by atoms with Crippen molar-refractivity contribution in [2.45, 2.75) is 56.4 Å². The van der Waals surface area contributed by atoms with Crippen molar-refractivity contribution in [3.05, 3.63) is 108 Å². The third-order valence-electron chi connectivity index (χ3n) is 5.88. The highest BCUT2D eigenvalue weighted by Crippen LogP contribution is 2.30. The average Bonchev–Trinajstić information content (AvgIpc) is 2.87. The van der Waals surface area contributed by atoms with Crippen LogP contribution >= 0.6 is 0 Å². The molecule has 3 aromatic carbocycles. The van der Waals surface area contributed by atoms with E-state index in [4.69, 9.17) is 14.2 Å². The molecule has 3 aromatic rings. The summed E-state index contributed by atoms with van der Waals surface area (Å²) in [6.07, 6.45) is -6.68. The minimum atomic E-state index is -1.43. The minimum Gasteiger partial charge on any atom is -0.387 e. The standard InChI is InChI=1S/C27H30O6/c28-22-23(29)25(31-16-19-10-4-1-5-11-19)27(33-18-21-14-8-3-9-15-21)26(24(22)30)32-17-20-12-6-2-7-13-20/h1-15,22-30H,16-18H2/t22-,23-,24-,25+,26-,27-/m0/s1. The molecular weight excluding hydrogens is 420 g/mol. The third kappa shape index (κ3) is 6.06. The molecule has 0 aromatic heterocycles. The smallest absolute Gasteiger partial charge is 0.116 e. The van der Waals surface area contributed by atoms with Crippen LogP contribution in [0.1, 0.15) is 16.7 Å². The molecule has 6 nitrogen and oxygen atoms in total. The zero-order valence-electron chi connectivity index (χ0n) is 18.3. The first-order chi connectivity index (χ1) is 16.1. The van der Waals surface area contributed by atoms with Gasteiger partial charge >= 0.3 is 0 Å². The Kier molecular flexibility index (Phi) is 8.23. The molecule has 3 N–H and O–H groups in total. The molecule has 4 rings (SSSR count). The molecule has 1 fully saturated rings. The summed E-state index contributed by atoms with van der Waals surface area (Å²) in [5.74, 6) is 0. The van der Waals surface area contributed by atoms with E-state index in [1.165, 1.54) is 0 Å². The Morgan fingerprint density at radius 1 is 0.424 bits per heavy atom. The second kappa shape index (κ2) is 11.5. The second-order valence-corrected chi connectivity index (χ2v) is 8.26. The van der Waals surface area contributed by atoms with Crippen LogP contribution < -0.4 is 0 Å². The van der Waals surface area contributed by atoms with E-state index in [9.17, 15) is 15.3 Å². The van der Waals surface area contributed by atoms with Crippen molar-refractivity contribution in [3.63, 3.8) is 0 Å². The van der Waals surface area contributed by atoms with Crippen LogP contribution in [-0.2, 0) is 34.0 Å². The number of hydrogen-bond donors (Lipinski definition) is 3. The van der Waals surface area contributed by atoms with Crippen LogP contribution in [0.2, 0.25) is 0 Å². The molecule has 1 aliphatic rings. The molecule has 6 atom stereocenters. The third-order valence-corrected chi connectivity index (χ3v) is 5.88. The number of hydrogen-bond acceptors (Lipinski definition) is 6. The Morgan fingerprint density at radius 3 is 1.06 bits per heavy atom. The van der Waals surface area contributed by atoms with Crippen molar-refractivity contribution < 1.29 is 29.5 Å². The molecule has 174 valence electrons. The van der Waals surface area contributed by atoms with E-state index < -0.39 is 36.6 Å². The molecule has 0 bridgehead atoms. The molecule has 0 saturated heterocycles. The fraction of sp³-hybridized carbons (Fsp3) is 0.333. The van der Waals surface area contributed by atoms with E-state index in [0.29, 0.717) is 0 Å². The summed E-state index contributed by atoms with van der Waals surface area (Å²) in [6, 6.07) is 28.8. The van der Waals surface area contributed by atoms with Crippen molar-refractivity contribution >= 4 is 0 Å². The normalized spacial score (nSPS) is 27.4. The van der Waals surface area contributed by atoms with Crippen LogP contribution in [0, 0.1) is 0 Å². The fourth-order valence-corrected chi connectivity index (χ4v) is 4.04. The summed E-state index contributed by atoms with van der Waals surface area (Å²) in [4.78, 5) is 0. The van der Waals surface area contributed by atoms with Crippen LogP contribution in [-0.4, -0.2) is 51.9 Å². The average molecular weight is 451 g/mol. The number of aliphatic hydroxyl groups excluding tert-OH is 3. The summed E-state index contributed by atoms with van der Waals surface area (Å²) in [5.41, 5.74) is 2.79. The van der Waals surface area contributed by atoms with Gasteiger partial charge in [-0.25, -0.2) is 0 Å². The number of benzene rings is 3. The Hall–Kier alpha value is -2.58. The number of rotatable bonds is 9. The van der Waals surface area contributed by atoms with E-state index >= 15 is 0 Å². The van der Waals surface area contributed by atoms with Crippen molar-refractivity contribution in [2.75, 3.05) is 0 Å². The van der Waals surface area contributed by atoms with Gasteiger partial charge < -0.3 is 29.5 Å². The Morgan fingerprint density at radius 2 is 0.727 bits per heavy atom. The summed E-state index contributed by atoms with van der Waals surface area (Å²) in [6.45, 7) is 0.696. The Balaban J connectivity index is 1.54. The molecule has 6 heteroatoms. The van der Waals surface area contributed by atoms with Gasteiger partial charge in [0.05, 0.1) is 19.8 Å². The largest absolute Gasteiger partial charge is 0.387 e. The quantitative estimate of drug-likeness (QED) is 0.465. The molecule has 0 heterocycles. The zero-order valence-corrected chi connectivity index (χ0v) is 18.3. The van der Waals surface area contributed by atoms with Crippen LogP contribution in [0.3, 0.4) is 0 Å². The second-order valence-electron chi connectivity index (χ2n) is 8.26. The van der Waals surface area contributed by atoms with Crippen LogP contribution in [0.5, 0.6) is 0 Å². The highest BCUT2D eigenvalue weighted by atomic mass is 16.6. The van der Waals surface area contributed by atoms with Gasteiger partial charge in [0.25, 0.3) is 0 Å². The Labute approximate surface area is 194 Å². The van der Waals surface area contributed by atoms with Crippen molar-refractivity contribution in [3.8, 4) is 0 Å². The molecule has 0 aliphatic heterocycles. The van der Waals surface area contributed by atoms with Gasteiger partial charge in [0.2, 0.25) is 0 Å². The highest BCUT2D eigenvalue weighted by molar-refractivity contribution is 5.16. The van der Waals surface area contributed by atoms with Gasteiger partial charge in [-0.2, -0.15) is 0 Å². The van der Waals surface area contributed by atoms with Crippen molar-refractivity contribution in [1.29, 1.82) is 0 Å². The lowest BCUT2D eigenvalue weighted by Crippen LogP contribution is -2.65. The highest BCUT2D eigenvalue weighted by Gasteiger charge is 2.51. The van der Waals surface area contributed by atoms with Gasteiger partial charge in [-0.15, -0.1) is 0 Å². The SMILES string of the molecule is O[C@H]1[C@H](O)[C@@H](OCc2ccccc2)[C@H](OCc2ccccc2)[C@@H](OCc2ccccc2)[C@H]1O. The minimum absolute atomic E-state index is 0.224. The lowest BCUT2D eigenvalue weighted by atomic mass is 9.84. The molecular formula is C27H30O6. The number of ether oxygens (including phenoxy) is 3. The molecule has 0 unspecified atom stereocenters. The number of aliphatic hydroxyl groups is 3. The molecule has 0 amide bonds. The van der Waals surface area contributed by atoms with Gasteiger partial charge in [0.1, 0.15) is 36.6 Å². The fourth-order valence-electron chi connectivity index (χ4n) is 4.04. The lowest BCUT2D eigenvalue weighted by Gasteiger charge is -2.45. The van der Waals surface area contributed by atoms with Crippen LogP contribution in [0.15, 0.2) is 91.0 Å². The van der Waals surface area contributed by atoms with Gasteiger partial charge in [0, 0.05) is 0 Å². The predicted octanol–water partition coefficient (Wildman–Crippen LogP) is 2.84. The predicted molar refractivity (Wildman–Crippen MR) is 123 cm³/mol. The van der Waals surface area contributed by atoms with E-state index in [0.717, 1.165) is 16.7 Å². The maximum Gasteiger partial charge on any atom is 0.116 e. The molecule has 1 aliphatic carbocycles. The Bertz CT molecular complexity index is 895. The summed E-state index contributed by atoms with van der Waals surface area (Å²) in [5, 5.41) is 32.1. The van der Waals surface area contributed by atoms with Crippen LogP contribution in [0.4, 0.5) is 0 Å². The lowest BCUT2D eigenvalue weighted by molar-refractivity contribution is -0.263. The first kappa shape index (κ1) is 23.6. The first-order valence-electron chi connectivity index (χ1n) is 11.1. The van der Waals surface area contributed by atoms with Gasteiger partial charge in [-0.05, 0) is 16.7 Å². The van der Waals surface area contributed by atoms with Gasteiger partial charge in [-0.1, -0.05) is 91.0 Å². The van der Waals surface area contributed by atoms with E-state index in [2.05, 4.69) is 0 Å². The van der Waals surface area contributed by atoms with Gasteiger partial charge in [0.15, 0.2) is 0 Å². The van der Waals surface area contributed by atoms with E-state index in [1.807, 2.05) is 91.0 Å². The van der Waals surface area contributed by atoms with Gasteiger partial charge in [-0.3, -0.25) is 0 Å². The summed E-state index contributed by atoms with van der Waals surface area (Å²) in [7, 11) is 0. The zero-order chi connectivity index (χ0) is 23.0. The molecule has 0 spiro atoms. The maximum absolute atomic E-state index is 10.8. The topological polar surface area (TPSA) is 88.4 Å². The molecule has 0 radical (unpaired) electrons. The molecule has 33 heavy (non-hydrogen) atoms. The summed E-state index contributed by atoms with van der Waals surface area (Å²) >= 11 is 0. The van der Waals surface area contributed by atoms with Crippen LogP contribution in [0.25, 0.3) is 0 Å². The molecule has 1 saturated carbocycles. The van der Waals surface area contributed by atoms with E-state index in [1.54, 1.807) is 0 Å². The maximum atomic E-state index is 10.8. The summed E-state index contributed by atoms with van der Waals surface area (Å²) < 4.78 is 18.3.